The highest BCUT2D eigenvalue weighted by Crippen LogP contribution is 2.13. The van der Waals surface area contributed by atoms with Gasteiger partial charge in [-0.2, -0.15) is 5.10 Å². The van der Waals surface area contributed by atoms with Gasteiger partial charge in [0.2, 0.25) is 0 Å². The normalized spacial score (nSPS) is 10.4. The van der Waals surface area contributed by atoms with Gasteiger partial charge in [-0.1, -0.05) is 23.7 Å². The second-order valence-corrected chi connectivity index (χ2v) is 5.27. The van der Waals surface area contributed by atoms with Crippen LogP contribution in [0.15, 0.2) is 36.7 Å². The molecule has 5 nitrogen and oxygen atoms in total. The smallest absolute Gasteiger partial charge is 0.170 e. The van der Waals surface area contributed by atoms with Gasteiger partial charge in [-0.15, -0.1) is 0 Å². The molecule has 0 fully saturated rings. The van der Waals surface area contributed by atoms with Gasteiger partial charge >= 0.3 is 0 Å². The highest BCUT2D eigenvalue weighted by Gasteiger charge is 2.01. The van der Waals surface area contributed by atoms with Crippen LogP contribution in [0.5, 0.6) is 0 Å². The summed E-state index contributed by atoms with van der Waals surface area (Å²) in [7, 11) is 1.66. The maximum Gasteiger partial charge on any atom is 0.170 e. The van der Waals surface area contributed by atoms with E-state index in [0.29, 0.717) is 29.8 Å². The second kappa shape index (κ2) is 7.97. The van der Waals surface area contributed by atoms with Crippen molar-refractivity contribution < 1.29 is 4.74 Å². The summed E-state index contributed by atoms with van der Waals surface area (Å²) in [5.41, 5.74) is 2.04. The molecule has 1 heterocycles. The Balaban J connectivity index is 1.92. The Labute approximate surface area is 134 Å². The van der Waals surface area contributed by atoms with Crippen molar-refractivity contribution in [2.75, 3.05) is 25.6 Å². The topological polar surface area (TPSA) is 51.1 Å². The molecule has 1 aromatic carbocycles. The number of hydrogen-bond acceptors (Lipinski definition) is 3. The lowest BCUT2D eigenvalue weighted by Crippen LogP contribution is -2.31. The van der Waals surface area contributed by atoms with Crippen LogP contribution in [0.3, 0.4) is 0 Å². The zero-order valence-corrected chi connectivity index (χ0v) is 13.2. The molecule has 0 aliphatic carbocycles. The van der Waals surface area contributed by atoms with E-state index < -0.39 is 0 Å². The lowest BCUT2D eigenvalue weighted by atomic mass is 10.2. The quantitative estimate of drug-likeness (QED) is 0.631. The maximum absolute atomic E-state index is 5.86. The predicted molar refractivity (Wildman–Crippen MR) is 88.9 cm³/mol. The third-order valence-corrected chi connectivity index (χ3v) is 3.16. The van der Waals surface area contributed by atoms with Crippen LogP contribution in [0.1, 0.15) is 5.56 Å². The molecule has 2 N–H and O–H groups in total. The number of thiocarbonyl (C=S) groups is 1. The summed E-state index contributed by atoms with van der Waals surface area (Å²) < 4.78 is 6.75. The van der Waals surface area contributed by atoms with E-state index in [-0.39, 0.29) is 0 Å². The van der Waals surface area contributed by atoms with E-state index in [1.807, 2.05) is 24.3 Å². The maximum atomic E-state index is 5.86. The van der Waals surface area contributed by atoms with Gasteiger partial charge in [0.1, 0.15) is 0 Å². The van der Waals surface area contributed by atoms with E-state index in [4.69, 9.17) is 28.6 Å². The fourth-order valence-corrected chi connectivity index (χ4v) is 2.18. The molecule has 2 aromatic rings. The fourth-order valence-electron chi connectivity index (χ4n) is 1.80. The number of rotatable bonds is 6. The third-order valence-electron chi connectivity index (χ3n) is 2.72. The minimum absolute atomic E-state index is 0.575. The largest absolute Gasteiger partial charge is 0.383 e. The van der Waals surface area contributed by atoms with Gasteiger partial charge in [-0.05, 0) is 29.9 Å². The van der Waals surface area contributed by atoms with Crippen LogP contribution >= 0.6 is 23.8 Å². The molecule has 0 saturated carbocycles. The number of ether oxygens (including phenoxy) is 1. The molecular formula is C14H17ClN4OS. The van der Waals surface area contributed by atoms with Crippen LogP contribution < -0.4 is 10.6 Å². The Bertz CT molecular complexity index is 602. The number of hydrogen-bond donors (Lipinski definition) is 2. The van der Waals surface area contributed by atoms with E-state index in [1.54, 1.807) is 24.2 Å². The van der Waals surface area contributed by atoms with Gasteiger partial charge in [0, 0.05) is 25.5 Å². The number of aromatic nitrogens is 2. The second-order valence-electron chi connectivity index (χ2n) is 4.43. The monoisotopic (exact) mass is 324 g/mol. The first-order chi connectivity index (χ1) is 10.2. The van der Waals surface area contributed by atoms with E-state index in [2.05, 4.69) is 15.7 Å². The summed E-state index contributed by atoms with van der Waals surface area (Å²) in [4.78, 5) is 0. The van der Waals surface area contributed by atoms with Gasteiger partial charge in [0.05, 0.1) is 24.4 Å². The number of nitrogens with one attached hydrogen (secondary N) is 2. The molecule has 0 unspecified atom stereocenters. The van der Waals surface area contributed by atoms with Crippen LogP contribution in [0.2, 0.25) is 5.02 Å². The lowest BCUT2D eigenvalue weighted by molar-refractivity contribution is 0.204. The van der Waals surface area contributed by atoms with Gasteiger partial charge in [0.25, 0.3) is 0 Å². The van der Waals surface area contributed by atoms with Crippen LogP contribution in [-0.4, -0.2) is 35.2 Å². The van der Waals surface area contributed by atoms with Crippen molar-refractivity contribution in [2.24, 2.45) is 0 Å². The Morgan fingerprint density at radius 3 is 3.05 bits per heavy atom. The zero-order chi connectivity index (χ0) is 15.1. The summed E-state index contributed by atoms with van der Waals surface area (Å²) in [5, 5.41) is 11.6. The van der Waals surface area contributed by atoms with E-state index in [1.165, 1.54) is 0 Å². The number of benzene rings is 1. The molecular weight excluding hydrogens is 308 g/mol. The number of halogens is 1. The molecule has 21 heavy (non-hydrogen) atoms. The summed E-state index contributed by atoms with van der Waals surface area (Å²) in [6, 6.07) is 7.99. The first-order valence-corrected chi connectivity index (χ1v) is 7.26. The van der Waals surface area contributed by atoms with Crippen molar-refractivity contribution in [3.8, 4) is 0 Å². The minimum Gasteiger partial charge on any atom is -0.383 e. The van der Waals surface area contributed by atoms with Gasteiger partial charge in [-0.25, -0.2) is 0 Å². The lowest BCUT2D eigenvalue weighted by Gasteiger charge is -2.11. The molecule has 1 aromatic heterocycles. The Hall–Kier alpha value is -1.63. The molecule has 2 rings (SSSR count). The van der Waals surface area contributed by atoms with Gasteiger partial charge in [-0.3, -0.25) is 4.68 Å². The average molecular weight is 325 g/mol. The highest BCUT2D eigenvalue weighted by molar-refractivity contribution is 7.80. The molecule has 0 aliphatic rings. The van der Waals surface area contributed by atoms with Crippen molar-refractivity contribution in [3.63, 3.8) is 0 Å². The van der Waals surface area contributed by atoms with E-state index in [0.717, 1.165) is 11.3 Å². The molecule has 0 amide bonds. The molecule has 0 radical (unpaired) electrons. The Morgan fingerprint density at radius 2 is 2.33 bits per heavy atom. The average Bonchev–Trinajstić information content (AvgIpc) is 2.85. The molecule has 0 aliphatic heterocycles. The van der Waals surface area contributed by atoms with Crippen LogP contribution in [-0.2, 0) is 11.3 Å². The van der Waals surface area contributed by atoms with Crippen LogP contribution in [0, 0.1) is 0 Å². The molecule has 7 heteroatoms. The minimum atomic E-state index is 0.575. The molecule has 0 atom stereocenters. The Morgan fingerprint density at radius 1 is 1.48 bits per heavy atom. The first kappa shape index (κ1) is 15.8. The van der Waals surface area contributed by atoms with Crippen molar-refractivity contribution in [3.05, 3.63) is 47.2 Å². The van der Waals surface area contributed by atoms with Crippen molar-refractivity contribution in [1.82, 2.24) is 15.1 Å². The number of anilines is 1. The van der Waals surface area contributed by atoms with Gasteiger partial charge < -0.3 is 15.4 Å². The summed E-state index contributed by atoms with van der Waals surface area (Å²) in [6.07, 6.45) is 3.41. The van der Waals surface area contributed by atoms with Crippen LogP contribution in [0.25, 0.3) is 0 Å². The number of methoxy groups -OCH3 is 1. The number of nitrogens with zero attached hydrogens (tertiary/aromatic N) is 2. The van der Waals surface area contributed by atoms with E-state index in [9.17, 15) is 0 Å². The standard InChI is InChI=1S/C14H17ClN4OS/c1-20-6-5-16-14(21)18-13-4-2-3-11(7-13)9-19-10-12(15)8-17-19/h2-4,7-8,10H,5-6,9H2,1H3,(H2,16,18,21). The summed E-state index contributed by atoms with van der Waals surface area (Å²) >= 11 is 11.1. The van der Waals surface area contributed by atoms with Crippen molar-refractivity contribution in [1.29, 1.82) is 0 Å². The molecule has 0 spiro atoms. The predicted octanol–water partition coefficient (Wildman–Crippen LogP) is 2.52. The molecule has 0 bridgehead atoms. The highest BCUT2D eigenvalue weighted by atomic mass is 35.5. The summed E-state index contributed by atoms with van der Waals surface area (Å²) in [6.45, 7) is 1.95. The van der Waals surface area contributed by atoms with Crippen molar-refractivity contribution in [2.45, 2.75) is 6.54 Å². The summed E-state index contributed by atoms with van der Waals surface area (Å²) in [5.74, 6) is 0. The van der Waals surface area contributed by atoms with Crippen molar-refractivity contribution >= 4 is 34.6 Å². The van der Waals surface area contributed by atoms with E-state index >= 15 is 0 Å². The van der Waals surface area contributed by atoms with Crippen LogP contribution in [0.4, 0.5) is 5.69 Å². The Kier molecular flexibility index (Phi) is 5.98. The van der Waals surface area contributed by atoms with Gasteiger partial charge in [0.15, 0.2) is 5.11 Å². The third kappa shape index (κ3) is 5.34. The first-order valence-electron chi connectivity index (χ1n) is 6.48. The zero-order valence-electron chi connectivity index (χ0n) is 11.7. The molecule has 112 valence electrons. The fraction of sp³-hybridized carbons (Fsp3) is 0.286. The molecule has 0 saturated heterocycles. The SMILES string of the molecule is COCCNC(=S)Nc1cccc(Cn2cc(Cl)cn2)c1.